The standard InChI is InChI=1S/C19H30O5/c1-17-6-5-13-11(12(17)3-4-14(17)21)8-16(23)19(24)9-10(20)7-15(22)18(13,19)2/h10-13,15-16,20,22-24H,3-9H2,1-2H3/t10?,11?,12?,13?,15?,16?,17?,18?,19-/m0/s1. The van der Waals surface area contributed by atoms with Gasteiger partial charge in [-0.3, -0.25) is 4.79 Å². The van der Waals surface area contributed by atoms with Crippen molar-refractivity contribution in [3.63, 3.8) is 0 Å². The Hall–Kier alpha value is -0.490. The smallest absolute Gasteiger partial charge is 0.139 e. The fraction of sp³-hybridized carbons (Fsp3) is 0.947. The van der Waals surface area contributed by atoms with Gasteiger partial charge in [-0.1, -0.05) is 13.8 Å². The first-order valence-corrected chi connectivity index (χ1v) is 9.44. The summed E-state index contributed by atoms with van der Waals surface area (Å²) in [5.74, 6) is 0.808. The first-order valence-electron chi connectivity index (χ1n) is 9.44. The van der Waals surface area contributed by atoms with Gasteiger partial charge in [0.05, 0.1) is 18.3 Å². The van der Waals surface area contributed by atoms with Crippen molar-refractivity contribution >= 4 is 5.78 Å². The summed E-state index contributed by atoms with van der Waals surface area (Å²) in [7, 11) is 0. The molecule has 4 rings (SSSR count). The van der Waals surface area contributed by atoms with Crippen LogP contribution in [0.25, 0.3) is 0 Å². The SMILES string of the molecule is CC12CCC3C(CC(O)[C@@]4(O)CC(O)CC(O)C34C)C1CCC2=O. The molecule has 0 aromatic carbocycles. The quantitative estimate of drug-likeness (QED) is 0.529. The van der Waals surface area contributed by atoms with E-state index in [1.54, 1.807) is 0 Å². The number of aliphatic hydroxyl groups excluding tert-OH is 3. The maximum atomic E-state index is 12.4. The van der Waals surface area contributed by atoms with E-state index < -0.39 is 29.3 Å². The topological polar surface area (TPSA) is 98.0 Å². The van der Waals surface area contributed by atoms with Crippen molar-refractivity contribution in [1.82, 2.24) is 0 Å². The van der Waals surface area contributed by atoms with Gasteiger partial charge in [0.15, 0.2) is 0 Å². The summed E-state index contributed by atoms with van der Waals surface area (Å²) in [6, 6.07) is 0. The van der Waals surface area contributed by atoms with E-state index in [1.165, 1.54) is 0 Å². The molecule has 9 atom stereocenters. The van der Waals surface area contributed by atoms with E-state index in [0.29, 0.717) is 18.6 Å². The highest BCUT2D eigenvalue weighted by molar-refractivity contribution is 5.87. The van der Waals surface area contributed by atoms with Crippen LogP contribution in [0.4, 0.5) is 0 Å². The molecule has 5 nitrogen and oxygen atoms in total. The van der Waals surface area contributed by atoms with E-state index >= 15 is 0 Å². The molecular weight excluding hydrogens is 308 g/mol. The van der Waals surface area contributed by atoms with Crippen molar-refractivity contribution in [3.05, 3.63) is 0 Å². The number of aliphatic hydroxyl groups is 4. The first-order chi connectivity index (χ1) is 11.1. The molecule has 0 aromatic heterocycles. The first kappa shape index (κ1) is 17.0. The molecule has 0 aliphatic heterocycles. The van der Waals surface area contributed by atoms with Crippen molar-refractivity contribution in [1.29, 1.82) is 0 Å². The van der Waals surface area contributed by atoms with Crippen LogP contribution in [0.15, 0.2) is 0 Å². The molecule has 0 amide bonds. The highest BCUT2D eigenvalue weighted by Crippen LogP contribution is 2.66. The third-order valence-electron chi connectivity index (χ3n) is 8.63. The van der Waals surface area contributed by atoms with Gasteiger partial charge < -0.3 is 20.4 Å². The van der Waals surface area contributed by atoms with E-state index in [-0.39, 0.29) is 36.0 Å². The molecular formula is C19H30O5. The van der Waals surface area contributed by atoms with Crippen molar-refractivity contribution in [2.45, 2.75) is 82.7 Å². The van der Waals surface area contributed by atoms with E-state index in [4.69, 9.17) is 0 Å². The zero-order valence-electron chi connectivity index (χ0n) is 14.6. The van der Waals surface area contributed by atoms with E-state index in [1.807, 2.05) is 6.92 Å². The molecule has 0 heterocycles. The summed E-state index contributed by atoms with van der Waals surface area (Å²) in [4.78, 5) is 12.4. The van der Waals surface area contributed by atoms with Gasteiger partial charge in [0.2, 0.25) is 0 Å². The number of rotatable bonds is 0. The predicted octanol–water partition coefficient (Wildman–Crippen LogP) is 1.02. The Morgan fingerprint density at radius 3 is 2.42 bits per heavy atom. The largest absolute Gasteiger partial charge is 0.393 e. The highest BCUT2D eigenvalue weighted by Gasteiger charge is 2.69. The number of ketones is 1. The molecule has 8 unspecified atom stereocenters. The Balaban J connectivity index is 1.76. The minimum Gasteiger partial charge on any atom is -0.393 e. The minimum atomic E-state index is -1.46. The van der Waals surface area contributed by atoms with Gasteiger partial charge in [0.25, 0.3) is 0 Å². The number of carbonyl (C=O) groups is 1. The second-order valence-electron chi connectivity index (χ2n) is 9.36. The van der Waals surface area contributed by atoms with Gasteiger partial charge in [-0.25, -0.2) is 0 Å². The Kier molecular flexibility index (Phi) is 3.55. The van der Waals surface area contributed by atoms with Crippen LogP contribution < -0.4 is 0 Å². The number of Topliss-reactive ketones (excluding diaryl/α,β-unsaturated/α-hetero) is 1. The molecule has 136 valence electrons. The lowest BCUT2D eigenvalue weighted by atomic mass is 9.42. The number of fused-ring (bicyclic) bond motifs is 5. The van der Waals surface area contributed by atoms with Crippen LogP contribution in [0.2, 0.25) is 0 Å². The molecule has 4 fully saturated rings. The minimum absolute atomic E-state index is 0.0809. The predicted molar refractivity (Wildman–Crippen MR) is 87.0 cm³/mol. The summed E-state index contributed by atoms with van der Waals surface area (Å²) < 4.78 is 0. The van der Waals surface area contributed by atoms with Gasteiger partial charge >= 0.3 is 0 Å². The molecule has 0 aromatic rings. The van der Waals surface area contributed by atoms with Crippen LogP contribution in [0.5, 0.6) is 0 Å². The zero-order chi connectivity index (χ0) is 17.5. The lowest BCUT2D eigenvalue weighted by molar-refractivity contribution is -0.293. The molecule has 0 bridgehead atoms. The lowest BCUT2D eigenvalue weighted by Gasteiger charge is -2.65. The van der Waals surface area contributed by atoms with E-state index in [0.717, 1.165) is 19.3 Å². The van der Waals surface area contributed by atoms with Crippen molar-refractivity contribution in [2.75, 3.05) is 0 Å². The van der Waals surface area contributed by atoms with E-state index in [2.05, 4.69) is 6.92 Å². The average Bonchev–Trinajstić information content (AvgIpc) is 2.80. The number of hydrogen-bond acceptors (Lipinski definition) is 5. The number of carbonyl (C=O) groups excluding carboxylic acids is 1. The molecule has 5 heteroatoms. The van der Waals surface area contributed by atoms with Gasteiger partial charge in [-0.2, -0.15) is 0 Å². The van der Waals surface area contributed by atoms with Gasteiger partial charge in [-0.05, 0) is 49.9 Å². The molecule has 0 spiro atoms. The molecule has 0 saturated heterocycles. The molecule has 4 aliphatic rings. The third-order valence-corrected chi connectivity index (χ3v) is 8.63. The van der Waals surface area contributed by atoms with Crippen molar-refractivity contribution < 1.29 is 25.2 Å². The zero-order valence-corrected chi connectivity index (χ0v) is 14.6. The maximum Gasteiger partial charge on any atom is 0.139 e. The van der Waals surface area contributed by atoms with Crippen LogP contribution in [-0.4, -0.2) is 50.1 Å². The molecule has 4 N–H and O–H groups in total. The van der Waals surface area contributed by atoms with Gasteiger partial charge in [0.1, 0.15) is 11.4 Å². The summed E-state index contributed by atoms with van der Waals surface area (Å²) >= 11 is 0. The average molecular weight is 338 g/mol. The Bertz CT molecular complexity index is 564. The van der Waals surface area contributed by atoms with Crippen molar-refractivity contribution in [3.8, 4) is 0 Å². The maximum absolute atomic E-state index is 12.4. The summed E-state index contributed by atoms with van der Waals surface area (Å²) in [6.45, 7) is 3.96. The second-order valence-corrected chi connectivity index (χ2v) is 9.36. The second kappa shape index (κ2) is 5.03. The molecule has 4 saturated carbocycles. The van der Waals surface area contributed by atoms with E-state index in [9.17, 15) is 25.2 Å². The summed E-state index contributed by atoms with van der Waals surface area (Å²) in [5, 5.41) is 43.0. The molecule has 4 aliphatic carbocycles. The highest BCUT2D eigenvalue weighted by atomic mass is 16.4. The van der Waals surface area contributed by atoms with Crippen LogP contribution >= 0.6 is 0 Å². The van der Waals surface area contributed by atoms with Gasteiger partial charge in [-0.15, -0.1) is 0 Å². The lowest BCUT2D eigenvalue weighted by Crippen LogP contribution is -2.72. The van der Waals surface area contributed by atoms with Crippen LogP contribution in [0, 0.1) is 28.6 Å². The number of hydrogen-bond donors (Lipinski definition) is 4. The van der Waals surface area contributed by atoms with Gasteiger partial charge in [0, 0.05) is 23.7 Å². The monoisotopic (exact) mass is 338 g/mol. The van der Waals surface area contributed by atoms with Crippen molar-refractivity contribution in [2.24, 2.45) is 28.6 Å². The fourth-order valence-electron chi connectivity index (χ4n) is 7.10. The van der Waals surface area contributed by atoms with Crippen LogP contribution in [-0.2, 0) is 4.79 Å². The molecule has 0 radical (unpaired) electrons. The van der Waals surface area contributed by atoms with Crippen LogP contribution in [0.1, 0.15) is 58.8 Å². The van der Waals surface area contributed by atoms with Crippen LogP contribution in [0.3, 0.4) is 0 Å². The molecule has 24 heavy (non-hydrogen) atoms. The normalized spacial score (nSPS) is 60.3. The Morgan fingerprint density at radius 2 is 1.71 bits per heavy atom. The summed E-state index contributed by atoms with van der Waals surface area (Å²) in [5.41, 5.74) is -2.59. The third kappa shape index (κ3) is 1.82. The fourth-order valence-corrected chi connectivity index (χ4v) is 7.10. The Morgan fingerprint density at radius 1 is 1.00 bits per heavy atom. The summed E-state index contributed by atoms with van der Waals surface area (Å²) in [6.07, 6.45) is 1.30. The Labute approximate surface area is 143 Å².